The normalized spacial score (nSPS) is 23.8. The van der Waals surface area contributed by atoms with Crippen LogP contribution in [0, 0.1) is 0 Å². The van der Waals surface area contributed by atoms with Gasteiger partial charge in [-0.05, 0) is 53.8 Å². The van der Waals surface area contributed by atoms with Gasteiger partial charge in [-0.25, -0.2) is 4.68 Å². The molecule has 0 spiro atoms. The molecule has 1 saturated carbocycles. The number of methoxy groups -OCH3 is 2. The highest BCUT2D eigenvalue weighted by Gasteiger charge is 2.34. The van der Waals surface area contributed by atoms with Gasteiger partial charge in [0.15, 0.2) is 17.3 Å². The Bertz CT molecular complexity index is 901. The molecule has 9 heteroatoms. The molecular weight excluding hydrogens is 420 g/mol. The van der Waals surface area contributed by atoms with E-state index in [0.29, 0.717) is 6.54 Å². The van der Waals surface area contributed by atoms with Crippen LogP contribution in [0.15, 0.2) is 18.2 Å². The summed E-state index contributed by atoms with van der Waals surface area (Å²) in [5.74, 6) is 2.32. The van der Waals surface area contributed by atoms with Gasteiger partial charge in [0.1, 0.15) is 0 Å². The number of rotatable bonds is 8. The fourth-order valence-electron chi connectivity index (χ4n) is 5.69. The maximum Gasteiger partial charge on any atom is 0.173 e. The average Bonchev–Trinajstić information content (AvgIpc) is 3.64. The van der Waals surface area contributed by atoms with Crippen molar-refractivity contribution >= 4 is 0 Å². The number of hydrogen-bond donors (Lipinski definition) is 0. The molecule has 0 N–H and O–H groups in total. The minimum absolute atomic E-state index is 0.0491. The molecular formula is C24H36N6O3. The Morgan fingerprint density at radius 3 is 2.48 bits per heavy atom. The molecule has 3 heterocycles. The summed E-state index contributed by atoms with van der Waals surface area (Å²) in [4.78, 5) is 5.20. The first-order valence-electron chi connectivity index (χ1n) is 12.3. The van der Waals surface area contributed by atoms with E-state index in [2.05, 4.69) is 37.5 Å². The van der Waals surface area contributed by atoms with Gasteiger partial charge in [0.25, 0.3) is 0 Å². The van der Waals surface area contributed by atoms with Crippen LogP contribution in [0.1, 0.15) is 56.0 Å². The van der Waals surface area contributed by atoms with Crippen LogP contribution in [0.3, 0.4) is 0 Å². The van der Waals surface area contributed by atoms with E-state index in [1.54, 1.807) is 14.2 Å². The Balaban J connectivity index is 1.43. The summed E-state index contributed by atoms with van der Waals surface area (Å²) >= 11 is 0. The van der Waals surface area contributed by atoms with Gasteiger partial charge in [-0.2, -0.15) is 0 Å². The molecule has 1 aliphatic carbocycles. The lowest BCUT2D eigenvalue weighted by atomic mass is 10.0. The molecule has 9 nitrogen and oxygen atoms in total. The minimum Gasteiger partial charge on any atom is -0.493 e. The standard InChI is InChI=1S/C24H36N6O3/c1-31-21-10-9-18(16-22(21)32-2)23(24-25-26-27-30(24)17-20-8-5-15-33-20)29-13-11-28(12-14-29)19-6-3-4-7-19/h9-10,16,19-20,23H,3-8,11-15,17H2,1-2H3/t20-,23+/m1/s1. The van der Waals surface area contributed by atoms with Crippen LogP contribution in [0.4, 0.5) is 0 Å². The zero-order valence-electron chi connectivity index (χ0n) is 19.9. The van der Waals surface area contributed by atoms with Crippen molar-refractivity contribution in [1.82, 2.24) is 30.0 Å². The van der Waals surface area contributed by atoms with Crippen molar-refractivity contribution in [3.05, 3.63) is 29.6 Å². The third-order valence-corrected chi connectivity index (χ3v) is 7.48. The number of nitrogens with zero attached hydrogens (tertiary/aromatic N) is 6. The van der Waals surface area contributed by atoms with E-state index in [1.807, 2.05) is 10.7 Å². The Hall–Kier alpha value is -2.23. The predicted molar refractivity (Wildman–Crippen MR) is 124 cm³/mol. The Morgan fingerprint density at radius 2 is 1.79 bits per heavy atom. The Labute approximate surface area is 196 Å². The summed E-state index contributed by atoms with van der Waals surface area (Å²) < 4.78 is 18.9. The van der Waals surface area contributed by atoms with Gasteiger partial charge in [0, 0.05) is 38.8 Å². The van der Waals surface area contributed by atoms with Crippen molar-refractivity contribution < 1.29 is 14.2 Å². The summed E-state index contributed by atoms with van der Waals surface area (Å²) in [6.45, 7) is 5.66. The Morgan fingerprint density at radius 1 is 1.00 bits per heavy atom. The van der Waals surface area contributed by atoms with Crippen molar-refractivity contribution in [2.45, 2.75) is 63.3 Å². The second kappa shape index (κ2) is 10.4. The zero-order chi connectivity index (χ0) is 22.6. The van der Waals surface area contributed by atoms with E-state index < -0.39 is 0 Å². The van der Waals surface area contributed by atoms with Crippen molar-refractivity contribution in [2.75, 3.05) is 47.0 Å². The molecule has 2 saturated heterocycles. The summed E-state index contributed by atoms with van der Waals surface area (Å²) in [5, 5.41) is 13.0. The molecule has 2 aromatic rings. The lowest BCUT2D eigenvalue weighted by Gasteiger charge is -2.41. The summed E-state index contributed by atoms with van der Waals surface area (Å²) in [6, 6.07) is 6.87. The summed E-state index contributed by atoms with van der Waals surface area (Å²) in [6.07, 6.45) is 7.77. The summed E-state index contributed by atoms with van der Waals surface area (Å²) in [7, 11) is 3.35. The smallest absolute Gasteiger partial charge is 0.173 e. The van der Waals surface area contributed by atoms with E-state index in [0.717, 1.165) is 74.6 Å². The van der Waals surface area contributed by atoms with Crippen LogP contribution in [-0.4, -0.2) is 89.2 Å². The lowest BCUT2D eigenvalue weighted by molar-refractivity contribution is 0.0719. The van der Waals surface area contributed by atoms with Gasteiger partial charge in [-0.3, -0.25) is 9.80 Å². The molecule has 2 atom stereocenters. The quantitative estimate of drug-likeness (QED) is 0.600. The third-order valence-electron chi connectivity index (χ3n) is 7.48. The van der Waals surface area contributed by atoms with Gasteiger partial charge in [0.2, 0.25) is 0 Å². The first-order valence-corrected chi connectivity index (χ1v) is 12.3. The molecule has 33 heavy (non-hydrogen) atoms. The number of hydrogen-bond acceptors (Lipinski definition) is 8. The van der Waals surface area contributed by atoms with Gasteiger partial charge < -0.3 is 14.2 Å². The molecule has 1 aromatic heterocycles. The van der Waals surface area contributed by atoms with Crippen LogP contribution >= 0.6 is 0 Å². The van der Waals surface area contributed by atoms with Gasteiger partial charge in [0.05, 0.1) is 32.9 Å². The van der Waals surface area contributed by atoms with Crippen molar-refractivity contribution in [3.8, 4) is 11.5 Å². The van der Waals surface area contributed by atoms with E-state index in [9.17, 15) is 0 Å². The van der Waals surface area contributed by atoms with Gasteiger partial charge >= 0.3 is 0 Å². The predicted octanol–water partition coefficient (Wildman–Crippen LogP) is 2.52. The topological polar surface area (TPSA) is 77.8 Å². The highest BCUT2D eigenvalue weighted by Crippen LogP contribution is 2.36. The number of aromatic nitrogens is 4. The highest BCUT2D eigenvalue weighted by atomic mass is 16.5. The van der Waals surface area contributed by atoms with E-state index in [-0.39, 0.29) is 12.1 Å². The average molecular weight is 457 g/mol. The maximum absolute atomic E-state index is 5.88. The summed E-state index contributed by atoms with van der Waals surface area (Å²) in [5.41, 5.74) is 1.12. The van der Waals surface area contributed by atoms with E-state index in [1.165, 1.54) is 25.7 Å². The molecule has 5 rings (SSSR count). The molecule has 3 aliphatic rings. The molecule has 2 aliphatic heterocycles. The zero-order valence-corrected chi connectivity index (χ0v) is 19.9. The minimum atomic E-state index is -0.0491. The first-order chi connectivity index (χ1) is 16.3. The number of tetrazole rings is 1. The molecule has 0 unspecified atom stereocenters. The number of benzene rings is 1. The maximum atomic E-state index is 5.88. The van der Waals surface area contributed by atoms with Crippen LogP contribution in [0.25, 0.3) is 0 Å². The van der Waals surface area contributed by atoms with E-state index >= 15 is 0 Å². The number of piperazine rings is 1. The van der Waals surface area contributed by atoms with Crippen molar-refractivity contribution in [2.24, 2.45) is 0 Å². The molecule has 0 bridgehead atoms. The Kier molecular flexibility index (Phi) is 7.08. The number of ether oxygens (including phenoxy) is 3. The van der Waals surface area contributed by atoms with Crippen molar-refractivity contribution in [3.63, 3.8) is 0 Å². The highest BCUT2D eigenvalue weighted by molar-refractivity contribution is 5.45. The van der Waals surface area contributed by atoms with Gasteiger partial charge in [-0.15, -0.1) is 5.10 Å². The lowest BCUT2D eigenvalue weighted by Crippen LogP contribution is -2.51. The SMILES string of the molecule is COc1ccc([C@@H](c2nnnn2C[C@H]2CCCO2)N2CCN(C3CCCC3)CC2)cc1OC. The van der Waals surface area contributed by atoms with Crippen LogP contribution < -0.4 is 9.47 Å². The molecule has 0 radical (unpaired) electrons. The largest absolute Gasteiger partial charge is 0.493 e. The van der Waals surface area contributed by atoms with Crippen LogP contribution in [0.5, 0.6) is 11.5 Å². The monoisotopic (exact) mass is 456 g/mol. The fourth-order valence-corrected chi connectivity index (χ4v) is 5.69. The fraction of sp³-hybridized carbons (Fsp3) is 0.708. The van der Waals surface area contributed by atoms with Crippen LogP contribution in [-0.2, 0) is 11.3 Å². The van der Waals surface area contributed by atoms with Crippen LogP contribution in [0.2, 0.25) is 0 Å². The first kappa shape index (κ1) is 22.6. The van der Waals surface area contributed by atoms with Crippen molar-refractivity contribution in [1.29, 1.82) is 0 Å². The second-order valence-electron chi connectivity index (χ2n) is 9.38. The molecule has 1 aromatic carbocycles. The molecule has 0 amide bonds. The second-order valence-corrected chi connectivity index (χ2v) is 9.38. The molecule has 180 valence electrons. The van der Waals surface area contributed by atoms with Gasteiger partial charge in [-0.1, -0.05) is 18.9 Å². The third kappa shape index (κ3) is 4.85. The molecule has 3 fully saturated rings. The van der Waals surface area contributed by atoms with E-state index in [4.69, 9.17) is 14.2 Å².